The Kier molecular flexibility index (Phi) is 5.49. The van der Waals surface area contributed by atoms with Gasteiger partial charge in [-0.2, -0.15) is 4.68 Å². The Labute approximate surface area is 211 Å². The van der Waals surface area contributed by atoms with Crippen LogP contribution in [0.2, 0.25) is 0 Å². The maximum atomic E-state index is 14.8. The maximum absolute atomic E-state index is 14.8. The lowest BCUT2D eigenvalue weighted by Gasteiger charge is -2.35. The molecule has 4 aromatic rings. The molecule has 13 nitrogen and oxygen atoms in total. The van der Waals surface area contributed by atoms with Gasteiger partial charge in [0.1, 0.15) is 0 Å². The van der Waals surface area contributed by atoms with Crippen molar-refractivity contribution < 1.29 is 15.4 Å². The zero-order valence-corrected chi connectivity index (χ0v) is 19.7. The number of hydrogen-bond donors (Lipinski definition) is 2. The smallest absolute Gasteiger partial charge is 0.295 e. The third-order valence-electron chi connectivity index (χ3n) is 6.39. The molecule has 4 aromatic heterocycles. The van der Waals surface area contributed by atoms with Gasteiger partial charge in [-0.1, -0.05) is 11.3 Å². The monoisotopic (exact) mass is 505 g/mol. The van der Waals surface area contributed by atoms with Gasteiger partial charge in [-0.15, -0.1) is 10.2 Å². The van der Waals surface area contributed by atoms with Gasteiger partial charge in [0.15, 0.2) is 23.3 Å². The number of rotatable bonds is 5. The summed E-state index contributed by atoms with van der Waals surface area (Å²) in [6.45, 7) is 1.56. The highest BCUT2D eigenvalue weighted by Crippen LogP contribution is 2.30. The Balaban J connectivity index is 0.00000294. The van der Waals surface area contributed by atoms with Crippen LogP contribution in [0.1, 0.15) is 11.8 Å². The topological polar surface area (TPSA) is 131 Å². The number of H-pyrrole nitrogens is 1. The van der Waals surface area contributed by atoms with E-state index in [-0.39, 0.29) is 12.4 Å². The van der Waals surface area contributed by atoms with Crippen molar-refractivity contribution in [2.24, 2.45) is 0 Å². The van der Waals surface area contributed by atoms with Crippen molar-refractivity contribution in [3.8, 4) is 5.82 Å². The number of amides is 1. The van der Waals surface area contributed by atoms with Crippen molar-refractivity contribution in [3.05, 3.63) is 66.8 Å². The van der Waals surface area contributed by atoms with Crippen LogP contribution in [0.4, 0.5) is 16.0 Å². The Bertz CT molecular complexity index is 1510. The lowest BCUT2D eigenvalue weighted by Crippen LogP contribution is -2.51. The van der Waals surface area contributed by atoms with E-state index in [1.54, 1.807) is 46.6 Å². The number of hydrogen-bond acceptors (Lipinski definition) is 10. The number of ketones is 1. The van der Waals surface area contributed by atoms with Crippen LogP contribution in [-0.4, -0.2) is 84.9 Å². The van der Waals surface area contributed by atoms with E-state index in [0.29, 0.717) is 43.3 Å². The summed E-state index contributed by atoms with van der Waals surface area (Å²) in [5.41, 5.74) is 3.24. The number of carbonyl (C=O) groups is 2. The molecule has 0 atom stereocenters. The van der Waals surface area contributed by atoms with E-state index in [1.807, 2.05) is 23.1 Å². The highest BCUT2D eigenvalue weighted by atomic mass is 19.1. The number of aromatic nitrogens is 6. The predicted molar refractivity (Wildman–Crippen MR) is 133 cm³/mol. The van der Waals surface area contributed by atoms with Gasteiger partial charge in [-0.05, 0) is 12.1 Å². The van der Waals surface area contributed by atoms with Crippen molar-refractivity contribution in [3.63, 3.8) is 0 Å². The highest BCUT2D eigenvalue weighted by Gasteiger charge is 2.31. The van der Waals surface area contributed by atoms with Crippen molar-refractivity contribution >= 4 is 34.2 Å². The van der Waals surface area contributed by atoms with E-state index in [0.717, 1.165) is 12.0 Å². The molecule has 0 aliphatic carbocycles. The fourth-order valence-corrected chi connectivity index (χ4v) is 4.52. The molecule has 190 valence electrons. The van der Waals surface area contributed by atoms with Crippen LogP contribution in [0.3, 0.4) is 0 Å². The van der Waals surface area contributed by atoms with Crippen LogP contribution in [0, 0.1) is 5.82 Å². The third kappa shape index (κ3) is 3.83. The first-order valence-electron chi connectivity index (χ1n) is 11.5. The average Bonchev–Trinajstić information content (AvgIpc) is 3.69. The first-order valence-corrected chi connectivity index (χ1v) is 11.5. The predicted octanol–water partition coefficient (Wildman–Crippen LogP) is 1.10. The number of nitrogens with one attached hydrogen (secondary N) is 2. The van der Waals surface area contributed by atoms with Crippen LogP contribution < -0.4 is 15.3 Å². The zero-order chi connectivity index (χ0) is 25.5. The number of pyridine rings is 2. The second-order valence-corrected chi connectivity index (χ2v) is 8.50. The van der Waals surface area contributed by atoms with E-state index < -0.39 is 17.5 Å². The summed E-state index contributed by atoms with van der Waals surface area (Å²) in [5, 5.41) is 11.5. The molecule has 2 aliphatic rings. The number of anilines is 2. The number of aromatic amines is 1. The molecule has 0 unspecified atom stereocenters. The van der Waals surface area contributed by atoms with Crippen LogP contribution in [0.15, 0.2) is 55.4 Å². The maximum Gasteiger partial charge on any atom is 0.295 e. The summed E-state index contributed by atoms with van der Waals surface area (Å²) < 4.78 is 16.5. The minimum absolute atomic E-state index is 0. The molecule has 6 heterocycles. The van der Waals surface area contributed by atoms with Crippen LogP contribution >= 0.6 is 0 Å². The summed E-state index contributed by atoms with van der Waals surface area (Å²) in [6, 6.07) is 5.50. The van der Waals surface area contributed by atoms with Gasteiger partial charge < -0.3 is 20.2 Å². The van der Waals surface area contributed by atoms with Gasteiger partial charge in [0, 0.05) is 59.4 Å². The summed E-state index contributed by atoms with van der Waals surface area (Å²) in [4.78, 5) is 41.3. The summed E-state index contributed by atoms with van der Waals surface area (Å²) in [6.07, 6.45) is 9.12. The zero-order valence-electron chi connectivity index (χ0n) is 19.7. The van der Waals surface area contributed by atoms with Crippen LogP contribution in [-0.2, 0) is 4.79 Å². The molecular formula is C23H24FN11O2. The number of fused-ring (bicyclic) bond motifs is 1. The van der Waals surface area contributed by atoms with Gasteiger partial charge in [-0.25, -0.2) is 19.4 Å². The fourth-order valence-electron chi connectivity index (χ4n) is 4.52. The Morgan fingerprint density at radius 3 is 2.68 bits per heavy atom. The molecule has 1 amide bonds. The molecule has 0 spiro atoms. The Morgan fingerprint density at radius 1 is 1.11 bits per heavy atom. The molecule has 14 heteroatoms. The van der Waals surface area contributed by atoms with Gasteiger partial charge in [0.2, 0.25) is 0 Å². The lowest BCUT2D eigenvalue weighted by molar-refractivity contribution is -0.126. The molecule has 1 saturated heterocycles. The first kappa shape index (κ1) is 22.6. The summed E-state index contributed by atoms with van der Waals surface area (Å²) >= 11 is 0. The molecule has 0 aromatic carbocycles. The molecule has 6 rings (SSSR count). The number of piperazine rings is 1. The van der Waals surface area contributed by atoms with Crippen molar-refractivity contribution in [2.75, 3.05) is 43.1 Å². The van der Waals surface area contributed by atoms with Crippen LogP contribution in [0.25, 0.3) is 16.7 Å². The second-order valence-electron chi connectivity index (χ2n) is 8.50. The highest BCUT2D eigenvalue weighted by molar-refractivity contribution is 6.45. The molecule has 37 heavy (non-hydrogen) atoms. The first-order chi connectivity index (χ1) is 18.0. The van der Waals surface area contributed by atoms with E-state index in [9.17, 15) is 14.0 Å². The van der Waals surface area contributed by atoms with E-state index >= 15 is 0 Å². The third-order valence-corrected chi connectivity index (χ3v) is 6.39. The molecule has 0 saturated carbocycles. The van der Waals surface area contributed by atoms with Crippen molar-refractivity contribution in [2.45, 2.75) is 0 Å². The minimum atomic E-state index is -0.778. The SMILES string of the molecule is CN1NC=CN1c1ncc(F)c2c(C(=O)C(=O)N3CCN(c4cnnn4-c4ccccn4)CC3)c[nH]c12.[HH]. The van der Waals surface area contributed by atoms with Crippen molar-refractivity contribution in [1.82, 2.24) is 45.4 Å². The molecular weight excluding hydrogens is 481 g/mol. The van der Waals surface area contributed by atoms with Gasteiger partial charge in [0.05, 0.1) is 28.9 Å². The van der Waals surface area contributed by atoms with Gasteiger partial charge >= 0.3 is 0 Å². The number of nitrogens with zero attached hydrogens (tertiary/aromatic N) is 9. The number of carbonyl (C=O) groups excluding carboxylic acids is 2. The number of Topliss-reactive ketones (excluding diaryl/α,β-unsaturated/α-hetero) is 1. The molecule has 0 bridgehead atoms. The number of halogens is 1. The normalized spacial score (nSPS) is 16.0. The van der Waals surface area contributed by atoms with Crippen molar-refractivity contribution in [1.29, 1.82) is 0 Å². The molecule has 0 radical (unpaired) electrons. The molecule has 2 N–H and O–H groups in total. The van der Waals surface area contributed by atoms with E-state index in [2.05, 4.69) is 30.7 Å². The number of hydrazine groups is 2. The van der Waals surface area contributed by atoms with Crippen LogP contribution in [0.5, 0.6) is 0 Å². The van der Waals surface area contributed by atoms with Gasteiger partial charge in [-0.3, -0.25) is 9.59 Å². The van der Waals surface area contributed by atoms with E-state index in [4.69, 9.17) is 0 Å². The quantitative estimate of drug-likeness (QED) is 0.300. The Morgan fingerprint density at radius 2 is 1.95 bits per heavy atom. The molecule has 1 fully saturated rings. The second kappa shape index (κ2) is 8.98. The Hall–Kier alpha value is -4.85. The summed E-state index contributed by atoms with van der Waals surface area (Å²) in [5.74, 6) is -0.390. The van der Waals surface area contributed by atoms with Gasteiger partial charge in [0.25, 0.3) is 11.7 Å². The fraction of sp³-hybridized carbons (Fsp3) is 0.217. The minimum Gasteiger partial charge on any atom is -0.357 e. The summed E-state index contributed by atoms with van der Waals surface area (Å²) in [7, 11) is 1.76. The average molecular weight is 506 g/mol. The lowest BCUT2D eigenvalue weighted by atomic mass is 10.1. The molecule has 2 aliphatic heterocycles. The largest absolute Gasteiger partial charge is 0.357 e. The standard InChI is InChI=1S/C23H22FN11O2.H2/c1-31-29-6-7-34(31)22-20-19(16(24)13-27-22)15(12-26-20)21(36)23(37)33-10-8-32(9-11-33)18-14-28-30-35(18)17-4-2-3-5-25-17;/h2-7,12-14,26,29H,8-11H2,1H3;1H. The van der Waals surface area contributed by atoms with E-state index in [1.165, 1.54) is 11.1 Å².